The molecule has 0 radical (unpaired) electrons. The second-order valence-electron chi connectivity index (χ2n) is 4.98. The van der Waals surface area contributed by atoms with Crippen LogP contribution in [-0.2, 0) is 6.42 Å². The molecule has 1 aliphatic carbocycles. The summed E-state index contributed by atoms with van der Waals surface area (Å²) in [6.45, 7) is 0. The van der Waals surface area contributed by atoms with E-state index < -0.39 is 0 Å². The van der Waals surface area contributed by atoms with Crippen LogP contribution in [0.3, 0.4) is 0 Å². The van der Waals surface area contributed by atoms with E-state index in [1.54, 1.807) is 0 Å². The summed E-state index contributed by atoms with van der Waals surface area (Å²) >= 11 is 9.52. The van der Waals surface area contributed by atoms with Gasteiger partial charge in [0.2, 0.25) is 0 Å². The first kappa shape index (κ1) is 13.4. The summed E-state index contributed by atoms with van der Waals surface area (Å²) in [4.78, 5) is 0. The SMILES string of the molecule is ClCCc1ccc(C2CCCCCC2)c(Br)c1. The van der Waals surface area contributed by atoms with Crippen molar-refractivity contribution in [1.29, 1.82) is 0 Å². The summed E-state index contributed by atoms with van der Waals surface area (Å²) in [6.07, 6.45) is 9.28. The van der Waals surface area contributed by atoms with E-state index in [1.165, 1.54) is 54.1 Å². The van der Waals surface area contributed by atoms with Crippen LogP contribution in [0, 0.1) is 0 Å². The van der Waals surface area contributed by atoms with Crippen LogP contribution >= 0.6 is 27.5 Å². The predicted molar refractivity (Wildman–Crippen MR) is 79.0 cm³/mol. The van der Waals surface area contributed by atoms with Crippen LogP contribution in [0.4, 0.5) is 0 Å². The fraction of sp³-hybridized carbons (Fsp3) is 0.600. The van der Waals surface area contributed by atoms with Gasteiger partial charge in [-0.3, -0.25) is 0 Å². The lowest BCUT2D eigenvalue weighted by Crippen LogP contribution is -1.99. The van der Waals surface area contributed by atoms with Crippen LogP contribution in [0.1, 0.15) is 55.6 Å². The van der Waals surface area contributed by atoms with Crippen LogP contribution in [-0.4, -0.2) is 5.88 Å². The van der Waals surface area contributed by atoms with Gasteiger partial charge in [0.05, 0.1) is 0 Å². The van der Waals surface area contributed by atoms with Crippen LogP contribution in [0.5, 0.6) is 0 Å². The van der Waals surface area contributed by atoms with E-state index in [0.29, 0.717) is 5.88 Å². The van der Waals surface area contributed by atoms with Gasteiger partial charge < -0.3 is 0 Å². The highest BCUT2D eigenvalue weighted by molar-refractivity contribution is 9.10. The number of benzene rings is 1. The number of hydrogen-bond donors (Lipinski definition) is 0. The zero-order chi connectivity index (χ0) is 12.1. The molecule has 0 amide bonds. The standard InChI is InChI=1S/C15H20BrCl/c16-15-11-12(9-10-17)7-8-14(15)13-5-3-1-2-4-6-13/h7-8,11,13H,1-6,9-10H2. The van der Waals surface area contributed by atoms with Crippen LogP contribution < -0.4 is 0 Å². The number of halogens is 2. The quantitative estimate of drug-likeness (QED) is 0.498. The highest BCUT2D eigenvalue weighted by Crippen LogP contribution is 2.35. The topological polar surface area (TPSA) is 0 Å². The second kappa shape index (κ2) is 6.80. The van der Waals surface area contributed by atoms with Crippen molar-refractivity contribution in [3.63, 3.8) is 0 Å². The van der Waals surface area contributed by atoms with Gasteiger partial charge >= 0.3 is 0 Å². The molecule has 0 nitrogen and oxygen atoms in total. The van der Waals surface area contributed by atoms with Crippen molar-refractivity contribution in [2.75, 3.05) is 5.88 Å². The fourth-order valence-electron chi connectivity index (χ4n) is 2.76. The Morgan fingerprint density at radius 2 is 1.82 bits per heavy atom. The fourth-order valence-corrected chi connectivity index (χ4v) is 3.72. The van der Waals surface area contributed by atoms with E-state index >= 15 is 0 Å². The minimum Gasteiger partial charge on any atom is -0.126 e. The lowest BCUT2D eigenvalue weighted by atomic mass is 9.91. The summed E-state index contributed by atoms with van der Waals surface area (Å²) in [5, 5.41) is 0. The van der Waals surface area contributed by atoms with E-state index in [9.17, 15) is 0 Å². The first-order valence-corrected chi connectivity index (χ1v) is 7.98. The van der Waals surface area contributed by atoms with Gasteiger partial charge in [-0.1, -0.05) is 53.7 Å². The molecule has 1 aliphatic rings. The molecule has 0 spiro atoms. The molecule has 17 heavy (non-hydrogen) atoms. The monoisotopic (exact) mass is 314 g/mol. The molecule has 1 aromatic rings. The predicted octanol–water partition coefficient (Wildman–Crippen LogP) is 5.67. The molecule has 0 atom stereocenters. The number of alkyl halides is 1. The highest BCUT2D eigenvalue weighted by Gasteiger charge is 2.16. The van der Waals surface area contributed by atoms with Gasteiger partial charge in [0.15, 0.2) is 0 Å². The molecule has 0 aromatic heterocycles. The Bertz CT molecular complexity index is 354. The van der Waals surface area contributed by atoms with Gasteiger partial charge in [-0.15, -0.1) is 11.6 Å². The molecule has 1 fully saturated rings. The van der Waals surface area contributed by atoms with Crippen molar-refractivity contribution in [3.8, 4) is 0 Å². The van der Waals surface area contributed by atoms with Crippen LogP contribution in [0.2, 0.25) is 0 Å². The van der Waals surface area contributed by atoms with E-state index in [4.69, 9.17) is 11.6 Å². The Hall–Kier alpha value is -0.0100. The maximum Gasteiger partial charge on any atom is 0.0263 e. The van der Waals surface area contributed by atoms with Gasteiger partial charge in [0.25, 0.3) is 0 Å². The Labute approximate surface area is 118 Å². The normalized spacial score (nSPS) is 18.0. The van der Waals surface area contributed by atoms with Crippen molar-refractivity contribution in [1.82, 2.24) is 0 Å². The highest BCUT2D eigenvalue weighted by atomic mass is 79.9. The van der Waals surface area contributed by atoms with Gasteiger partial charge in [0, 0.05) is 10.4 Å². The maximum atomic E-state index is 5.78. The Morgan fingerprint density at radius 1 is 1.12 bits per heavy atom. The summed E-state index contributed by atoms with van der Waals surface area (Å²) in [7, 11) is 0. The summed E-state index contributed by atoms with van der Waals surface area (Å²) in [5.74, 6) is 1.46. The zero-order valence-corrected chi connectivity index (χ0v) is 12.6. The minimum absolute atomic E-state index is 0.704. The van der Waals surface area contributed by atoms with E-state index in [0.717, 1.165) is 12.3 Å². The Morgan fingerprint density at radius 3 is 2.41 bits per heavy atom. The summed E-state index contributed by atoms with van der Waals surface area (Å²) in [5.41, 5.74) is 2.84. The third kappa shape index (κ3) is 3.72. The van der Waals surface area contributed by atoms with Gasteiger partial charge in [-0.05, 0) is 42.4 Å². The van der Waals surface area contributed by atoms with Crippen LogP contribution in [0.25, 0.3) is 0 Å². The molecule has 2 rings (SSSR count). The van der Waals surface area contributed by atoms with E-state index in [2.05, 4.69) is 34.1 Å². The Kier molecular flexibility index (Phi) is 5.37. The zero-order valence-electron chi connectivity index (χ0n) is 10.2. The first-order chi connectivity index (χ1) is 8.31. The van der Waals surface area contributed by atoms with Gasteiger partial charge in [0.1, 0.15) is 0 Å². The van der Waals surface area contributed by atoms with E-state index in [-0.39, 0.29) is 0 Å². The van der Waals surface area contributed by atoms with E-state index in [1.807, 2.05) is 0 Å². The van der Waals surface area contributed by atoms with Gasteiger partial charge in [-0.25, -0.2) is 0 Å². The van der Waals surface area contributed by atoms with Crippen LogP contribution in [0.15, 0.2) is 22.7 Å². The molecular formula is C15H20BrCl. The summed E-state index contributed by atoms with van der Waals surface area (Å²) < 4.78 is 1.28. The number of aryl methyl sites for hydroxylation is 1. The second-order valence-corrected chi connectivity index (χ2v) is 6.22. The van der Waals surface area contributed by atoms with Crippen molar-refractivity contribution < 1.29 is 0 Å². The average molecular weight is 316 g/mol. The average Bonchev–Trinajstić information content (AvgIpc) is 2.58. The smallest absolute Gasteiger partial charge is 0.0263 e. The number of hydrogen-bond acceptors (Lipinski definition) is 0. The van der Waals surface area contributed by atoms with Crippen molar-refractivity contribution >= 4 is 27.5 Å². The molecule has 0 unspecified atom stereocenters. The molecule has 1 saturated carbocycles. The third-order valence-electron chi connectivity index (χ3n) is 3.74. The molecule has 0 heterocycles. The molecular weight excluding hydrogens is 296 g/mol. The largest absolute Gasteiger partial charge is 0.126 e. The molecule has 1 aromatic carbocycles. The maximum absolute atomic E-state index is 5.78. The molecule has 0 N–H and O–H groups in total. The lowest BCUT2D eigenvalue weighted by molar-refractivity contribution is 0.590. The molecule has 2 heteroatoms. The molecule has 0 saturated heterocycles. The van der Waals surface area contributed by atoms with Crippen molar-refractivity contribution in [2.45, 2.75) is 50.9 Å². The lowest BCUT2D eigenvalue weighted by Gasteiger charge is -2.17. The number of rotatable bonds is 3. The molecule has 0 aliphatic heterocycles. The third-order valence-corrected chi connectivity index (χ3v) is 4.62. The van der Waals surface area contributed by atoms with Gasteiger partial charge in [-0.2, -0.15) is 0 Å². The molecule has 94 valence electrons. The minimum atomic E-state index is 0.704. The van der Waals surface area contributed by atoms with Crippen molar-refractivity contribution in [2.24, 2.45) is 0 Å². The Balaban J connectivity index is 2.14. The molecule has 0 bridgehead atoms. The summed E-state index contributed by atoms with van der Waals surface area (Å²) in [6, 6.07) is 6.80. The first-order valence-electron chi connectivity index (χ1n) is 6.65. The van der Waals surface area contributed by atoms with Crippen molar-refractivity contribution in [3.05, 3.63) is 33.8 Å².